The number of benzene rings is 3. The topological polar surface area (TPSA) is 92.4 Å². The SMILES string of the molecule is O=C1Nc2ccccc2C(c2ccccc2)=N[C@@H]1Nc1nnc(-c2cccc(F)c2)o1. The molecule has 0 radical (unpaired) electrons. The highest BCUT2D eigenvalue weighted by Gasteiger charge is 2.27. The van der Waals surface area contributed by atoms with E-state index in [1.54, 1.807) is 12.1 Å². The zero-order valence-corrected chi connectivity index (χ0v) is 16.1. The van der Waals surface area contributed by atoms with E-state index in [-0.39, 0.29) is 17.8 Å². The van der Waals surface area contributed by atoms with Crippen LogP contribution in [0.5, 0.6) is 0 Å². The van der Waals surface area contributed by atoms with E-state index in [1.807, 2.05) is 54.6 Å². The number of aliphatic imine (C=N–C) groups is 1. The summed E-state index contributed by atoms with van der Waals surface area (Å²) in [5, 5.41) is 13.6. The van der Waals surface area contributed by atoms with Gasteiger partial charge in [0.2, 0.25) is 12.1 Å². The van der Waals surface area contributed by atoms with Crippen molar-refractivity contribution in [3.8, 4) is 11.5 Å². The molecule has 0 bridgehead atoms. The van der Waals surface area contributed by atoms with E-state index in [4.69, 9.17) is 4.42 Å². The Labute approximate surface area is 176 Å². The fourth-order valence-corrected chi connectivity index (χ4v) is 3.32. The fraction of sp³-hybridized carbons (Fsp3) is 0.0435. The highest BCUT2D eigenvalue weighted by atomic mass is 19.1. The number of carbonyl (C=O) groups excluding carboxylic acids is 1. The summed E-state index contributed by atoms with van der Waals surface area (Å²) in [6.45, 7) is 0. The highest BCUT2D eigenvalue weighted by Crippen LogP contribution is 2.25. The van der Waals surface area contributed by atoms with Crippen LogP contribution >= 0.6 is 0 Å². The molecule has 7 nitrogen and oxygen atoms in total. The van der Waals surface area contributed by atoms with Gasteiger partial charge in [-0.3, -0.25) is 4.79 Å². The normalized spacial score (nSPS) is 15.5. The van der Waals surface area contributed by atoms with Crippen LogP contribution in [0.25, 0.3) is 11.5 Å². The molecule has 1 aliphatic rings. The Kier molecular flexibility index (Phi) is 4.72. The predicted molar refractivity (Wildman–Crippen MR) is 114 cm³/mol. The minimum absolute atomic E-state index is 0.00142. The Morgan fingerprint density at radius 2 is 1.68 bits per heavy atom. The van der Waals surface area contributed by atoms with Gasteiger partial charge >= 0.3 is 6.01 Å². The first-order valence-electron chi connectivity index (χ1n) is 9.57. The second-order valence-electron chi connectivity index (χ2n) is 6.85. The molecule has 0 saturated carbocycles. The van der Waals surface area contributed by atoms with Gasteiger partial charge in [0.1, 0.15) is 5.82 Å². The lowest BCUT2D eigenvalue weighted by Gasteiger charge is -2.11. The van der Waals surface area contributed by atoms with Gasteiger partial charge in [0.05, 0.1) is 11.4 Å². The van der Waals surface area contributed by atoms with Gasteiger partial charge in [0, 0.05) is 16.7 Å². The molecule has 1 aliphatic heterocycles. The summed E-state index contributed by atoms with van der Waals surface area (Å²) >= 11 is 0. The summed E-state index contributed by atoms with van der Waals surface area (Å²) in [6.07, 6.45) is -1.01. The van der Waals surface area contributed by atoms with Crippen molar-refractivity contribution < 1.29 is 13.6 Å². The van der Waals surface area contributed by atoms with Crippen LogP contribution in [0.4, 0.5) is 16.1 Å². The number of hydrogen-bond donors (Lipinski definition) is 2. The van der Waals surface area contributed by atoms with Gasteiger partial charge in [0.25, 0.3) is 5.91 Å². The van der Waals surface area contributed by atoms with Crippen molar-refractivity contribution in [2.24, 2.45) is 4.99 Å². The number of nitrogens with zero attached hydrogens (tertiary/aromatic N) is 3. The van der Waals surface area contributed by atoms with Crippen molar-refractivity contribution in [2.75, 3.05) is 10.6 Å². The van der Waals surface area contributed by atoms with Crippen molar-refractivity contribution in [3.63, 3.8) is 0 Å². The lowest BCUT2D eigenvalue weighted by molar-refractivity contribution is -0.116. The zero-order chi connectivity index (χ0) is 21.2. The second kappa shape index (κ2) is 7.83. The van der Waals surface area contributed by atoms with Crippen LogP contribution in [-0.4, -0.2) is 28.0 Å². The average molecular weight is 413 g/mol. The number of fused-ring (bicyclic) bond motifs is 1. The summed E-state index contributed by atoms with van der Waals surface area (Å²) in [7, 11) is 0. The molecule has 0 aliphatic carbocycles. The molecule has 0 saturated heterocycles. The summed E-state index contributed by atoms with van der Waals surface area (Å²) in [5.41, 5.74) is 3.41. The number of aromatic nitrogens is 2. The van der Waals surface area contributed by atoms with E-state index >= 15 is 0 Å². The summed E-state index contributed by atoms with van der Waals surface area (Å²) in [6, 6.07) is 22.9. The van der Waals surface area contributed by atoms with E-state index in [0.717, 1.165) is 11.1 Å². The van der Waals surface area contributed by atoms with Crippen LogP contribution in [0.15, 0.2) is 88.3 Å². The van der Waals surface area contributed by atoms with E-state index in [1.165, 1.54) is 12.1 Å². The third-order valence-electron chi connectivity index (χ3n) is 4.75. The van der Waals surface area contributed by atoms with Gasteiger partial charge < -0.3 is 15.1 Å². The zero-order valence-electron chi connectivity index (χ0n) is 16.1. The van der Waals surface area contributed by atoms with Crippen LogP contribution < -0.4 is 10.6 Å². The van der Waals surface area contributed by atoms with Gasteiger partial charge in [-0.1, -0.05) is 59.7 Å². The van der Waals surface area contributed by atoms with Crippen molar-refractivity contribution in [3.05, 3.63) is 95.8 Å². The minimum Gasteiger partial charge on any atom is -0.403 e. The number of benzodiazepines with no additional fused rings is 1. The van der Waals surface area contributed by atoms with E-state index in [0.29, 0.717) is 17.0 Å². The fourth-order valence-electron chi connectivity index (χ4n) is 3.32. The molecule has 4 aromatic rings. The Hall–Kier alpha value is -4.33. The monoisotopic (exact) mass is 413 g/mol. The molecule has 152 valence electrons. The molecule has 5 rings (SSSR count). The summed E-state index contributed by atoms with van der Waals surface area (Å²) in [5.74, 6) is -0.654. The maximum atomic E-state index is 13.5. The van der Waals surface area contributed by atoms with Crippen LogP contribution in [-0.2, 0) is 4.79 Å². The van der Waals surface area contributed by atoms with Crippen molar-refractivity contribution >= 4 is 23.3 Å². The molecular formula is C23H16FN5O2. The molecule has 1 atom stereocenters. The third kappa shape index (κ3) is 3.78. The first kappa shape index (κ1) is 18.7. The molecule has 3 aromatic carbocycles. The van der Waals surface area contributed by atoms with Gasteiger partial charge in [-0.2, -0.15) is 0 Å². The first-order valence-corrected chi connectivity index (χ1v) is 9.57. The number of halogens is 1. The Morgan fingerprint density at radius 1 is 0.903 bits per heavy atom. The number of hydrogen-bond acceptors (Lipinski definition) is 6. The van der Waals surface area contributed by atoms with Gasteiger partial charge in [-0.25, -0.2) is 9.38 Å². The number of carbonyl (C=O) groups is 1. The Balaban J connectivity index is 1.50. The van der Waals surface area contributed by atoms with Crippen LogP contribution in [0, 0.1) is 5.82 Å². The number of rotatable bonds is 4. The second-order valence-corrected chi connectivity index (χ2v) is 6.85. The predicted octanol–water partition coefficient (Wildman–Crippen LogP) is 4.10. The molecule has 2 N–H and O–H groups in total. The average Bonchev–Trinajstić information content (AvgIpc) is 3.21. The smallest absolute Gasteiger partial charge is 0.317 e. The van der Waals surface area contributed by atoms with Crippen LogP contribution in [0.3, 0.4) is 0 Å². The molecule has 0 unspecified atom stereocenters. The van der Waals surface area contributed by atoms with Crippen LogP contribution in [0.2, 0.25) is 0 Å². The number of anilines is 2. The van der Waals surface area contributed by atoms with Crippen molar-refractivity contribution in [1.82, 2.24) is 10.2 Å². The van der Waals surface area contributed by atoms with Gasteiger partial charge in [0.15, 0.2) is 0 Å². The third-order valence-corrected chi connectivity index (χ3v) is 4.75. The Bertz CT molecular complexity index is 1290. The van der Waals surface area contributed by atoms with Crippen molar-refractivity contribution in [2.45, 2.75) is 6.17 Å². The lowest BCUT2D eigenvalue weighted by atomic mass is 10.0. The molecule has 1 amide bonds. The quantitative estimate of drug-likeness (QED) is 0.525. The summed E-state index contributed by atoms with van der Waals surface area (Å²) < 4.78 is 19.1. The number of para-hydroxylation sites is 1. The van der Waals surface area contributed by atoms with Crippen molar-refractivity contribution in [1.29, 1.82) is 0 Å². The van der Waals surface area contributed by atoms with E-state index < -0.39 is 12.0 Å². The molecular weight excluding hydrogens is 397 g/mol. The van der Waals surface area contributed by atoms with Gasteiger partial charge in [-0.15, -0.1) is 5.10 Å². The van der Waals surface area contributed by atoms with E-state index in [9.17, 15) is 9.18 Å². The lowest BCUT2D eigenvalue weighted by Crippen LogP contribution is -2.32. The van der Waals surface area contributed by atoms with E-state index in [2.05, 4.69) is 25.8 Å². The molecule has 1 aromatic heterocycles. The molecule has 8 heteroatoms. The molecule has 0 fully saturated rings. The minimum atomic E-state index is -1.01. The molecule has 0 spiro atoms. The Morgan fingerprint density at radius 3 is 2.52 bits per heavy atom. The first-order chi connectivity index (χ1) is 15.2. The molecule has 2 heterocycles. The number of amides is 1. The van der Waals surface area contributed by atoms with Crippen LogP contribution in [0.1, 0.15) is 11.1 Å². The van der Waals surface area contributed by atoms with Gasteiger partial charge in [-0.05, 0) is 24.3 Å². The standard InChI is InChI=1S/C23H16FN5O2/c24-16-10-6-9-15(13-16)22-28-29-23(31-22)27-20-21(30)25-18-12-5-4-11-17(18)19(26-20)14-7-2-1-3-8-14/h1-13,20H,(H,25,30)(H,27,29)/t20-/m1/s1. The maximum absolute atomic E-state index is 13.5. The summed E-state index contributed by atoms with van der Waals surface area (Å²) in [4.78, 5) is 17.5. The maximum Gasteiger partial charge on any atom is 0.317 e. The largest absolute Gasteiger partial charge is 0.403 e. The number of nitrogens with one attached hydrogen (secondary N) is 2. The highest BCUT2D eigenvalue weighted by molar-refractivity contribution is 6.19. The molecule has 31 heavy (non-hydrogen) atoms.